The number of hydrogen-bond acceptors (Lipinski definition) is 2. The lowest BCUT2D eigenvalue weighted by Gasteiger charge is -2.23. The number of imidazole rings is 1. The zero-order chi connectivity index (χ0) is 13.2. The molecule has 0 aromatic carbocycles. The van der Waals surface area contributed by atoms with Gasteiger partial charge in [-0.2, -0.15) is 0 Å². The number of rotatable bonds is 3. The normalized spacial score (nSPS) is 18.3. The number of alkyl halides is 1. The van der Waals surface area contributed by atoms with E-state index in [1.165, 1.54) is 37.7 Å². The molecule has 1 saturated carbocycles. The van der Waals surface area contributed by atoms with Crippen molar-refractivity contribution in [2.75, 3.05) is 5.33 Å². The molecule has 102 valence electrons. The van der Waals surface area contributed by atoms with Crippen molar-refractivity contribution in [2.24, 2.45) is 5.92 Å². The summed E-state index contributed by atoms with van der Waals surface area (Å²) in [6, 6.07) is 0. The van der Waals surface area contributed by atoms with Gasteiger partial charge >= 0.3 is 0 Å². The highest BCUT2D eigenvalue weighted by Gasteiger charge is 2.18. The second-order valence-electron chi connectivity index (χ2n) is 5.03. The Morgan fingerprint density at radius 3 is 3.00 bits per heavy atom. The third-order valence-corrected chi connectivity index (χ3v) is 5.54. The first-order valence-electron chi connectivity index (χ1n) is 6.67. The Morgan fingerprint density at radius 2 is 2.26 bits per heavy atom. The topological polar surface area (TPSA) is 17.3 Å². The van der Waals surface area contributed by atoms with Gasteiger partial charge in [0.2, 0.25) is 0 Å². The van der Waals surface area contributed by atoms with Crippen LogP contribution in [0.5, 0.6) is 0 Å². The summed E-state index contributed by atoms with van der Waals surface area (Å²) >= 11 is 11.5. The molecule has 3 rings (SSSR count). The molecular formula is C14H16BrClN2S. The highest BCUT2D eigenvalue weighted by atomic mass is 79.9. The van der Waals surface area contributed by atoms with Crippen molar-refractivity contribution in [3.63, 3.8) is 0 Å². The molecule has 0 unspecified atom stereocenters. The van der Waals surface area contributed by atoms with E-state index in [9.17, 15) is 0 Å². The van der Waals surface area contributed by atoms with Crippen LogP contribution in [0.2, 0.25) is 5.15 Å². The number of thiazole rings is 1. The quantitative estimate of drug-likeness (QED) is 0.670. The third kappa shape index (κ3) is 2.76. The minimum atomic E-state index is 0.612. The summed E-state index contributed by atoms with van der Waals surface area (Å²) in [5, 5.41) is 3.58. The van der Waals surface area contributed by atoms with Crippen molar-refractivity contribution >= 4 is 49.9 Å². The number of hydrogen-bond donors (Lipinski definition) is 0. The molecule has 0 amide bonds. The molecule has 0 saturated heterocycles. The van der Waals surface area contributed by atoms with Gasteiger partial charge in [-0.05, 0) is 24.8 Å². The predicted octanol–water partition coefficient (Wildman–Crippen LogP) is 5.41. The minimum Gasteiger partial charge on any atom is -0.289 e. The fraction of sp³-hybridized carbons (Fsp3) is 0.500. The fourth-order valence-corrected chi connectivity index (χ4v) is 4.44. The average molecular weight is 360 g/mol. The third-order valence-electron chi connectivity index (χ3n) is 3.86. The van der Waals surface area contributed by atoms with Gasteiger partial charge in [0.1, 0.15) is 0 Å². The molecule has 19 heavy (non-hydrogen) atoms. The lowest BCUT2D eigenvalue weighted by atomic mass is 9.84. The van der Waals surface area contributed by atoms with E-state index in [1.807, 2.05) is 11.6 Å². The Balaban J connectivity index is 1.97. The van der Waals surface area contributed by atoms with E-state index in [1.54, 1.807) is 11.3 Å². The zero-order valence-corrected chi connectivity index (χ0v) is 13.8. The van der Waals surface area contributed by atoms with Gasteiger partial charge in [0, 0.05) is 16.9 Å². The fourth-order valence-electron chi connectivity index (χ4n) is 2.82. The first-order valence-corrected chi connectivity index (χ1v) is 9.05. The van der Waals surface area contributed by atoms with Crippen LogP contribution < -0.4 is 0 Å². The van der Waals surface area contributed by atoms with Crippen molar-refractivity contribution < 1.29 is 0 Å². The van der Waals surface area contributed by atoms with Crippen molar-refractivity contribution in [3.8, 4) is 0 Å². The van der Waals surface area contributed by atoms with E-state index in [4.69, 9.17) is 11.6 Å². The first-order chi connectivity index (χ1) is 9.29. The van der Waals surface area contributed by atoms with Gasteiger partial charge < -0.3 is 0 Å². The Hall–Kier alpha value is -0.320. The van der Waals surface area contributed by atoms with Crippen LogP contribution >= 0.6 is 38.9 Å². The molecule has 0 N–H and O–H groups in total. The van der Waals surface area contributed by atoms with E-state index in [0.29, 0.717) is 11.1 Å². The van der Waals surface area contributed by atoms with Crippen LogP contribution in [0, 0.1) is 5.92 Å². The number of aromatic nitrogens is 2. The van der Waals surface area contributed by atoms with Gasteiger partial charge in [-0.1, -0.05) is 52.4 Å². The molecule has 0 radical (unpaired) electrons. The van der Waals surface area contributed by atoms with Gasteiger partial charge in [0.05, 0.1) is 5.69 Å². The van der Waals surface area contributed by atoms with Gasteiger partial charge in [-0.3, -0.25) is 4.40 Å². The molecule has 2 aromatic heterocycles. The average Bonchev–Trinajstić information content (AvgIpc) is 2.99. The number of allylic oxidation sites excluding steroid dienone is 1. The Kier molecular flexibility index (Phi) is 4.30. The number of nitrogens with zero attached hydrogens (tertiary/aromatic N) is 2. The summed E-state index contributed by atoms with van der Waals surface area (Å²) in [6.45, 7) is 0. The molecule has 2 aromatic rings. The lowest BCUT2D eigenvalue weighted by molar-refractivity contribution is 0.405. The van der Waals surface area contributed by atoms with E-state index in [0.717, 1.165) is 16.0 Å². The molecule has 2 nitrogen and oxygen atoms in total. The SMILES string of the molecule is Clc1nc2sccn2c1C=C(CBr)C1CCCCC1. The summed E-state index contributed by atoms with van der Waals surface area (Å²) in [5.74, 6) is 0.702. The largest absolute Gasteiger partial charge is 0.289 e. The van der Waals surface area contributed by atoms with Crippen molar-refractivity contribution in [1.82, 2.24) is 9.38 Å². The molecule has 0 atom stereocenters. The maximum absolute atomic E-state index is 6.26. The molecule has 0 spiro atoms. The highest BCUT2D eigenvalue weighted by Crippen LogP contribution is 2.33. The maximum atomic E-state index is 6.26. The van der Waals surface area contributed by atoms with Crippen LogP contribution in [-0.4, -0.2) is 14.7 Å². The van der Waals surface area contributed by atoms with Crippen LogP contribution in [0.4, 0.5) is 0 Å². The van der Waals surface area contributed by atoms with Gasteiger partial charge in [-0.15, -0.1) is 11.3 Å². The van der Waals surface area contributed by atoms with Crippen LogP contribution in [0.25, 0.3) is 11.0 Å². The molecule has 1 aliphatic rings. The molecule has 5 heteroatoms. The smallest absolute Gasteiger partial charge is 0.195 e. The lowest BCUT2D eigenvalue weighted by Crippen LogP contribution is -2.10. The summed E-state index contributed by atoms with van der Waals surface area (Å²) < 4.78 is 2.08. The van der Waals surface area contributed by atoms with Crippen molar-refractivity contribution in [2.45, 2.75) is 32.1 Å². The summed E-state index contributed by atoms with van der Waals surface area (Å²) in [5.41, 5.74) is 2.48. The van der Waals surface area contributed by atoms with E-state index in [2.05, 4.69) is 31.4 Å². The van der Waals surface area contributed by atoms with Crippen molar-refractivity contribution in [1.29, 1.82) is 0 Å². The standard InChI is InChI=1S/C14H16BrClN2S/c15-9-11(10-4-2-1-3-5-10)8-12-13(16)17-14-18(12)6-7-19-14/h6-8,10H,1-5,9H2. The van der Waals surface area contributed by atoms with Gasteiger partial charge in [-0.25, -0.2) is 4.98 Å². The molecular weight excluding hydrogens is 344 g/mol. The van der Waals surface area contributed by atoms with E-state index < -0.39 is 0 Å². The van der Waals surface area contributed by atoms with Crippen LogP contribution in [0.3, 0.4) is 0 Å². The maximum Gasteiger partial charge on any atom is 0.195 e. The summed E-state index contributed by atoms with van der Waals surface area (Å²) in [6.07, 6.45) is 11.0. The van der Waals surface area contributed by atoms with Crippen LogP contribution in [-0.2, 0) is 0 Å². The molecule has 1 fully saturated rings. The van der Waals surface area contributed by atoms with Crippen LogP contribution in [0.15, 0.2) is 17.2 Å². The summed E-state index contributed by atoms with van der Waals surface area (Å²) in [4.78, 5) is 5.36. The van der Waals surface area contributed by atoms with Gasteiger partial charge in [0.15, 0.2) is 10.1 Å². The van der Waals surface area contributed by atoms with Gasteiger partial charge in [0.25, 0.3) is 0 Å². The Labute approximate surface area is 130 Å². The van der Waals surface area contributed by atoms with Crippen molar-refractivity contribution in [3.05, 3.63) is 28.0 Å². The highest BCUT2D eigenvalue weighted by molar-refractivity contribution is 9.09. The number of fused-ring (bicyclic) bond motifs is 1. The summed E-state index contributed by atoms with van der Waals surface area (Å²) in [7, 11) is 0. The second-order valence-corrected chi connectivity index (χ2v) is 6.82. The first kappa shape index (κ1) is 13.7. The van der Waals surface area contributed by atoms with E-state index in [-0.39, 0.29) is 0 Å². The van der Waals surface area contributed by atoms with Crippen LogP contribution in [0.1, 0.15) is 37.8 Å². The minimum absolute atomic E-state index is 0.612. The molecule has 0 bridgehead atoms. The second kappa shape index (κ2) is 5.98. The monoisotopic (exact) mass is 358 g/mol. The molecule has 1 aliphatic carbocycles. The predicted molar refractivity (Wildman–Crippen MR) is 86.4 cm³/mol. The van der Waals surface area contributed by atoms with E-state index >= 15 is 0 Å². The Morgan fingerprint density at radius 1 is 1.47 bits per heavy atom. The Bertz CT molecular complexity index is 596. The molecule has 0 aliphatic heterocycles. The number of halogens is 2. The zero-order valence-electron chi connectivity index (χ0n) is 10.6. The molecule has 2 heterocycles.